The van der Waals surface area contributed by atoms with Gasteiger partial charge in [-0.3, -0.25) is 4.57 Å². The van der Waals surface area contributed by atoms with Gasteiger partial charge < -0.3 is 9.92 Å². The van der Waals surface area contributed by atoms with Crippen LogP contribution in [0.15, 0.2) is 29.0 Å². The zero-order valence-corrected chi connectivity index (χ0v) is 15.3. The predicted octanol–water partition coefficient (Wildman–Crippen LogP) is 1.87. The highest BCUT2D eigenvalue weighted by atomic mass is 79.9. The fraction of sp³-hybridized carbons (Fsp3) is 0.214. The highest BCUT2D eigenvalue weighted by molar-refractivity contribution is 9.10. The van der Waals surface area contributed by atoms with Crippen LogP contribution in [0.1, 0.15) is 11.4 Å². The number of nitrogens with two attached hydrogens (primary N) is 1. The van der Waals surface area contributed by atoms with Crippen molar-refractivity contribution >= 4 is 43.0 Å². The minimum Gasteiger partial charge on any atom is -0.383 e. The van der Waals surface area contributed by atoms with Crippen LogP contribution in [-0.4, -0.2) is 34.2 Å². The Bertz CT molecular complexity index is 1020. The number of aryl methyl sites for hydroxylation is 1. The molecule has 0 atom stereocenters. The van der Waals surface area contributed by atoms with Crippen LogP contribution in [-0.2, 0) is 16.7 Å². The fourth-order valence-corrected chi connectivity index (χ4v) is 3.19. The van der Waals surface area contributed by atoms with Crippen LogP contribution in [0.25, 0.3) is 11.2 Å². The maximum atomic E-state index is 11.1. The molecule has 2 N–H and O–H groups in total. The Kier molecular flexibility index (Phi) is 4.18. The van der Waals surface area contributed by atoms with Crippen molar-refractivity contribution in [2.45, 2.75) is 13.5 Å². The molecule has 0 aliphatic rings. The molecule has 0 spiro atoms. The first kappa shape index (κ1) is 16.7. The van der Waals surface area contributed by atoms with Crippen LogP contribution in [0.3, 0.4) is 0 Å². The molecule has 2 heterocycles. The first-order chi connectivity index (χ1) is 11.2. The van der Waals surface area contributed by atoms with Gasteiger partial charge in [-0.05, 0) is 40.5 Å². The van der Waals surface area contributed by atoms with Crippen LogP contribution >= 0.6 is 15.9 Å². The lowest BCUT2D eigenvalue weighted by Gasteiger charge is -2.08. The Hall–Kier alpha value is -2.20. The smallest absolute Gasteiger partial charge is 0.306 e. The Balaban J connectivity index is 1.94. The molecule has 10 heteroatoms. The van der Waals surface area contributed by atoms with E-state index in [9.17, 15) is 8.42 Å². The lowest BCUT2D eigenvalue weighted by Crippen LogP contribution is -2.06. The zero-order chi connectivity index (χ0) is 17.5. The summed E-state index contributed by atoms with van der Waals surface area (Å²) in [6, 6.07) is 6.74. The van der Waals surface area contributed by atoms with Gasteiger partial charge in [-0.15, -0.1) is 0 Å². The molecule has 0 aliphatic carbocycles. The van der Waals surface area contributed by atoms with Crippen LogP contribution in [0.4, 0.5) is 5.82 Å². The van der Waals surface area contributed by atoms with Gasteiger partial charge in [0.15, 0.2) is 21.7 Å². The molecule has 0 radical (unpaired) electrons. The summed E-state index contributed by atoms with van der Waals surface area (Å²) in [5.41, 5.74) is 7.97. The number of hydrogen-bond donors (Lipinski definition) is 1. The van der Waals surface area contributed by atoms with Gasteiger partial charge in [-0.2, -0.15) is 8.42 Å². The number of anilines is 1. The topological polar surface area (TPSA) is 113 Å². The summed E-state index contributed by atoms with van der Waals surface area (Å²) in [5, 5.41) is 0. The van der Waals surface area contributed by atoms with Gasteiger partial charge in [0.25, 0.3) is 0 Å². The molecule has 0 saturated carbocycles. The molecule has 2 aromatic heterocycles. The summed E-state index contributed by atoms with van der Waals surface area (Å²) in [6.07, 6.45) is 1.00. The molecule has 0 saturated heterocycles. The second kappa shape index (κ2) is 6.02. The maximum Gasteiger partial charge on any atom is 0.306 e. The van der Waals surface area contributed by atoms with Crippen molar-refractivity contribution in [2.75, 3.05) is 12.0 Å². The van der Waals surface area contributed by atoms with E-state index in [1.54, 1.807) is 31.2 Å². The highest BCUT2D eigenvalue weighted by Crippen LogP contribution is 2.24. The third kappa shape index (κ3) is 3.49. The van der Waals surface area contributed by atoms with Crippen LogP contribution in [0, 0.1) is 6.92 Å². The van der Waals surface area contributed by atoms with E-state index in [1.165, 1.54) is 0 Å². The number of imidazole rings is 1. The number of fused-ring (bicyclic) bond motifs is 1. The normalized spacial score (nSPS) is 11.8. The Morgan fingerprint density at radius 2 is 1.88 bits per heavy atom. The largest absolute Gasteiger partial charge is 0.383 e. The summed E-state index contributed by atoms with van der Waals surface area (Å²) in [7, 11) is -3.54. The zero-order valence-electron chi connectivity index (χ0n) is 12.9. The minimum atomic E-state index is -3.54. The van der Waals surface area contributed by atoms with Crippen molar-refractivity contribution in [3.05, 3.63) is 40.4 Å². The standard InChI is InChI=1S/C14H14BrN5O3S/c1-8-17-12(16)11-13(18-8)20(14(15)19-11)7-9-3-5-10(6-4-9)23-24(2,21)22/h3-6H,7H2,1-2H3,(H2,16,17,18). The Labute approximate surface area is 146 Å². The number of nitrogen functional groups attached to an aromatic ring is 1. The van der Waals surface area contributed by atoms with Gasteiger partial charge in [0.1, 0.15) is 11.6 Å². The molecule has 0 amide bonds. The maximum absolute atomic E-state index is 11.1. The number of halogens is 1. The van der Waals surface area contributed by atoms with Crippen LogP contribution in [0.5, 0.6) is 5.75 Å². The van der Waals surface area contributed by atoms with Gasteiger partial charge >= 0.3 is 10.1 Å². The van der Waals surface area contributed by atoms with E-state index in [0.29, 0.717) is 34.1 Å². The summed E-state index contributed by atoms with van der Waals surface area (Å²) in [5.74, 6) is 1.15. The van der Waals surface area contributed by atoms with E-state index in [0.717, 1.165) is 11.8 Å². The van der Waals surface area contributed by atoms with Crippen molar-refractivity contribution in [3.8, 4) is 5.75 Å². The first-order valence-electron chi connectivity index (χ1n) is 6.87. The molecular formula is C14H14BrN5O3S. The third-order valence-corrected chi connectivity index (χ3v) is 4.30. The second-order valence-electron chi connectivity index (χ2n) is 5.23. The van der Waals surface area contributed by atoms with Gasteiger partial charge in [0, 0.05) is 0 Å². The highest BCUT2D eigenvalue weighted by Gasteiger charge is 2.14. The molecule has 24 heavy (non-hydrogen) atoms. The van der Waals surface area contributed by atoms with Crippen molar-refractivity contribution in [2.24, 2.45) is 0 Å². The molecule has 1 aromatic carbocycles. The summed E-state index contributed by atoms with van der Waals surface area (Å²) in [4.78, 5) is 12.8. The van der Waals surface area contributed by atoms with Crippen molar-refractivity contribution < 1.29 is 12.6 Å². The number of hydrogen-bond acceptors (Lipinski definition) is 7. The van der Waals surface area contributed by atoms with E-state index >= 15 is 0 Å². The number of nitrogens with zero attached hydrogens (tertiary/aromatic N) is 4. The number of benzene rings is 1. The van der Waals surface area contributed by atoms with Gasteiger partial charge in [0.2, 0.25) is 0 Å². The fourth-order valence-electron chi connectivity index (χ4n) is 2.26. The van der Waals surface area contributed by atoms with Gasteiger partial charge in [0.05, 0.1) is 12.8 Å². The van der Waals surface area contributed by atoms with Gasteiger partial charge in [-0.1, -0.05) is 12.1 Å². The van der Waals surface area contributed by atoms with E-state index in [4.69, 9.17) is 9.92 Å². The van der Waals surface area contributed by atoms with E-state index in [1.807, 2.05) is 4.57 Å². The molecule has 0 aliphatic heterocycles. The Morgan fingerprint density at radius 3 is 2.50 bits per heavy atom. The van der Waals surface area contributed by atoms with Crippen LogP contribution < -0.4 is 9.92 Å². The molecule has 126 valence electrons. The average Bonchev–Trinajstić information content (AvgIpc) is 2.77. The molecule has 3 rings (SSSR count). The third-order valence-electron chi connectivity index (χ3n) is 3.20. The van der Waals surface area contributed by atoms with E-state index in [2.05, 4.69) is 30.9 Å². The summed E-state index contributed by atoms with van der Waals surface area (Å²) >= 11 is 3.40. The molecule has 0 unspecified atom stereocenters. The van der Waals surface area contributed by atoms with Crippen LogP contribution in [0.2, 0.25) is 0 Å². The Morgan fingerprint density at radius 1 is 1.21 bits per heavy atom. The molecular weight excluding hydrogens is 398 g/mol. The van der Waals surface area contributed by atoms with Crippen molar-refractivity contribution in [1.29, 1.82) is 0 Å². The summed E-state index contributed by atoms with van der Waals surface area (Å²) < 4.78 is 29.5. The molecule has 0 bridgehead atoms. The van der Waals surface area contributed by atoms with Crippen molar-refractivity contribution in [1.82, 2.24) is 19.5 Å². The quantitative estimate of drug-likeness (QED) is 0.514. The predicted molar refractivity (Wildman–Crippen MR) is 93.2 cm³/mol. The lowest BCUT2D eigenvalue weighted by atomic mass is 10.2. The lowest BCUT2D eigenvalue weighted by molar-refractivity contribution is 0.493. The monoisotopic (exact) mass is 411 g/mol. The minimum absolute atomic E-state index is 0.262. The number of rotatable bonds is 4. The van der Waals surface area contributed by atoms with Gasteiger partial charge in [-0.25, -0.2) is 15.0 Å². The summed E-state index contributed by atoms with van der Waals surface area (Å²) in [6.45, 7) is 2.24. The first-order valence-corrected chi connectivity index (χ1v) is 9.48. The molecule has 8 nitrogen and oxygen atoms in total. The molecule has 0 fully saturated rings. The number of aromatic nitrogens is 4. The second-order valence-corrected chi connectivity index (χ2v) is 7.51. The van der Waals surface area contributed by atoms with Crippen molar-refractivity contribution in [3.63, 3.8) is 0 Å². The molecule has 3 aromatic rings. The average molecular weight is 412 g/mol. The van der Waals surface area contributed by atoms with E-state index in [-0.39, 0.29) is 5.75 Å². The van der Waals surface area contributed by atoms with E-state index < -0.39 is 10.1 Å². The SMILES string of the molecule is Cc1nc(N)c2nc(Br)n(Cc3ccc(OS(C)(=O)=O)cc3)c2n1.